The van der Waals surface area contributed by atoms with Crippen LogP contribution in [0.1, 0.15) is 18.1 Å². The molecule has 1 saturated heterocycles. The Morgan fingerprint density at radius 3 is 2.50 bits per heavy atom. The highest BCUT2D eigenvalue weighted by Gasteiger charge is 2.31. The molecule has 0 N–H and O–H groups in total. The molecule has 2 aromatic rings. The van der Waals surface area contributed by atoms with Crippen LogP contribution in [-0.2, 0) is 11.3 Å². The molecule has 2 aliphatic heterocycles. The van der Waals surface area contributed by atoms with E-state index in [1.807, 2.05) is 54.6 Å². The molecule has 0 aliphatic carbocycles. The highest BCUT2D eigenvalue weighted by Crippen LogP contribution is 2.34. The second kappa shape index (κ2) is 8.17. The van der Waals surface area contributed by atoms with Crippen LogP contribution in [0.5, 0.6) is 0 Å². The third-order valence-electron chi connectivity index (χ3n) is 4.75. The molecule has 2 aliphatic rings. The van der Waals surface area contributed by atoms with E-state index in [4.69, 9.17) is 12.2 Å². The van der Waals surface area contributed by atoms with Gasteiger partial charge in [0.1, 0.15) is 4.32 Å². The van der Waals surface area contributed by atoms with Crippen molar-refractivity contribution >= 4 is 46.0 Å². The summed E-state index contributed by atoms with van der Waals surface area (Å²) in [5, 5.41) is 0. The standard InChI is InChI=1S/C23H20N2OS2/c1-2-24-19(13-12-18-10-6-7-11-20(18)24)14-15-21-22(26)25(23(27)28-21)16-17-8-4-3-5-9-17/h3-15H,2,16H2,1H3. The lowest BCUT2D eigenvalue weighted by Gasteiger charge is -2.29. The van der Waals surface area contributed by atoms with Gasteiger partial charge in [0.15, 0.2) is 0 Å². The van der Waals surface area contributed by atoms with E-state index in [0.717, 1.165) is 17.8 Å². The molecule has 4 rings (SSSR count). The molecule has 28 heavy (non-hydrogen) atoms. The maximum atomic E-state index is 12.8. The zero-order chi connectivity index (χ0) is 19.5. The summed E-state index contributed by atoms with van der Waals surface area (Å²) in [6.45, 7) is 3.49. The number of thiocarbonyl (C=S) groups is 1. The van der Waals surface area contributed by atoms with Crippen molar-refractivity contribution in [1.29, 1.82) is 0 Å². The fourth-order valence-corrected chi connectivity index (χ4v) is 4.55. The Bertz CT molecular complexity index is 1010. The van der Waals surface area contributed by atoms with Crippen molar-refractivity contribution in [3.05, 3.63) is 94.6 Å². The Hall–Kier alpha value is -2.63. The minimum atomic E-state index is -0.0288. The monoisotopic (exact) mass is 404 g/mol. The predicted molar refractivity (Wildman–Crippen MR) is 122 cm³/mol. The van der Waals surface area contributed by atoms with Gasteiger partial charge in [-0.3, -0.25) is 9.69 Å². The molecule has 140 valence electrons. The molecule has 0 bridgehead atoms. The van der Waals surface area contributed by atoms with Crippen LogP contribution in [0.15, 0.2) is 83.4 Å². The van der Waals surface area contributed by atoms with E-state index in [9.17, 15) is 4.79 Å². The number of hydrogen-bond acceptors (Lipinski definition) is 4. The SMILES string of the molecule is CCN1C(=CC=C2SC(=S)N(Cc3ccccc3)C2=O)C=Cc2ccccc21. The van der Waals surface area contributed by atoms with Gasteiger partial charge in [-0.1, -0.05) is 78.6 Å². The molecular formula is C23H20N2OS2. The minimum absolute atomic E-state index is 0.0288. The van der Waals surface area contributed by atoms with Crippen molar-refractivity contribution in [3.63, 3.8) is 0 Å². The van der Waals surface area contributed by atoms with Crippen LogP contribution in [0.2, 0.25) is 0 Å². The molecule has 2 heterocycles. The molecule has 3 nitrogen and oxygen atoms in total. The topological polar surface area (TPSA) is 23.6 Å². The van der Waals surface area contributed by atoms with Crippen molar-refractivity contribution in [2.24, 2.45) is 0 Å². The van der Waals surface area contributed by atoms with Gasteiger partial charge in [0, 0.05) is 17.9 Å². The lowest BCUT2D eigenvalue weighted by atomic mass is 10.1. The predicted octanol–water partition coefficient (Wildman–Crippen LogP) is 5.37. The molecule has 0 unspecified atom stereocenters. The number of rotatable bonds is 4. The van der Waals surface area contributed by atoms with E-state index in [1.165, 1.54) is 23.0 Å². The highest BCUT2D eigenvalue weighted by molar-refractivity contribution is 8.26. The maximum Gasteiger partial charge on any atom is 0.266 e. The molecule has 0 aromatic heterocycles. The Morgan fingerprint density at radius 2 is 1.71 bits per heavy atom. The van der Waals surface area contributed by atoms with E-state index < -0.39 is 0 Å². The molecule has 2 aromatic carbocycles. The average Bonchev–Trinajstić information content (AvgIpc) is 3.00. The zero-order valence-corrected chi connectivity index (χ0v) is 17.2. The maximum absolute atomic E-state index is 12.8. The highest BCUT2D eigenvalue weighted by atomic mass is 32.2. The number of fused-ring (bicyclic) bond motifs is 1. The van der Waals surface area contributed by atoms with E-state index in [-0.39, 0.29) is 5.91 Å². The normalized spacial score (nSPS) is 19.0. The number of thioether (sulfide) groups is 1. The van der Waals surface area contributed by atoms with Crippen LogP contribution in [0.3, 0.4) is 0 Å². The summed E-state index contributed by atoms with van der Waals surface area (Å²) in [6, 6.07) is 18.3. The number of benzene rings is 2. The quantitative estimate of drug-likeness (QED) is 0.505. The Morgan fingerprint density at radius 1 is 0.964 bits per heavy atom. The molecule has 0 saturated carbocycles. The van der Waals surface area contributed by atoms with Crippen molar-refractivity contribution in [2.45, 2.75) is 13.5 Å². The fourth-order valence-electron chi connectivity index (χ4n) is 3.35. The van der Waals surface area contributed by atoms with Crippen LogP contribution in [0, 0.1) is 0 Å². The first-order chi connectivity index (χ1) is 13.7. The molecule has 0 atom stereocenters. The molecule has 5 heteroatoms. The van der Waals surface area contributed by atoms with Gasteiger partial charge >= 0.3 is 0 Å². The molecule has 0 spiro atoms. The first-order valence-corrected chi connectivity index (χ1v) is 10.4. The first-order valence-electron chi connectivity index (χ1n) is 9.21. The van der Waals surface area contributed by atoms with Gasteiger partial charge in [0.05, 0.1) is 11.4 Å². The van der Waals surface area contributed by atoms with Crippen molar-refractivity contribution < 1.29 is 4.79 Å². The van der Waals surface area contributed by atoms with Gasteiger partial charge in [-0.05, 0) is 42.3 Å². The lowest BCUT2D eigenvalue weighted by Crippen LogP contribution is -2.27. The van der Waals surface area contributed by atoms with Crippen LogP contribution < -0.4 is 4.90 Å². The lowest BCUT2D eigenvalue weighted by molar-refractivity contribution is -0.122. The van der Waals surface area contributed by atoms with Gasteiger partial charge in [-0.15, -0.1) is 0 Å². The van der Waals surface area contributed by atoms with Gasteiger partial charge in [-0.2, -0.15) is 0 Å². The van der Waals surface area contributed by atoms with E-state index in [1.54, 1.807) is 4.90 Å². The Kier molecular flexibility index (Phi) is 5.46. The molecule has 0 radical (unpaired) electrons. The van der Waals surface area contributed by atoms with Crippen molar-refractivity contribution in [1.82, 2.24) is 4.90 Å². The summed E-state index contributed by atoms with van der Waals surface area (Å²) in [5.74, 6) is -0.0288. The number of nitrogens with zero attached hydrogens (tertiary/aromatic N) is 2. The van der Waals surface area contributed by atoms with Gasteiger partial charge in [0.2, 0.25) is 0 Å². The number of carbonyl (C=O) groups excluding carboxylic acids is 1. The van der Waals surface area contributed by atoms with Crippen molar-refractivity contribution in [2.75, 3.05) is 11.4 Å². The third kappa shape index (κ3) is 3.68. The summed E-state index contributed by atoms with van der Waals surface area (Å²) in [5.41, 5.74) is 4.52. The average molecular weight is 405 g/mol. The smallest absolute Gasteiger partial charge is 0.266 e. The van der Waals surface area contributed by atoms with Crippen LogP contribution in [0.4, 0.5) is 5.69 Å². The summed E-state index contributed by atoms with van der Waals surface area (Å²) in [7, 11) is 0. The third-order valence-corrected chi connectivity index (χ3v) is 6.15. The van der Waals surface area contributed by atoms with E-state index in [2.05, 4.69) is 36.1 Å². The summed E-state index contributed by atoms with van der Waals surface area (Å²) < 4.78 is 0.607. The van der Waals surface area contributed by atoms with Gasteiger partial charge < -0.3 is 4.90 Å². The molecule has 1 amide bonds. The van der Waals surface area contributed by atoms with Gasteiger partial charge in [0.25, 0.3) is 5.91 Å². The number of likely N-dealkylation sites (N-methyl/N-ethyl adjacent to an activating group) is 1. The second-order valence-corrected chi connectivity index (χ2v) is 8.18. The minimum Gasteiger partial charge on any atom is -0.341 e. The Balaban J connectivity index is 1.56. The second-order valence-electron chi connectivity index (χ2n) is 6.50. The largest absolute Gasteiger partial charge is 0.341 e. The number of amides is 1. The first kappa shape index (κ1) is 18.7. The van der Waals surface area contributed by atoms with E-state index >= 15 is 0 Å². The van der Waals surface area contributed by atoms with Crippen LogP contribution in [-0.4, -0.2) is 21.7 Å². The fraction of sp³-hybridized carbons (Fsp3) is 0.130. The van der Waals surface area contributed by atoms with Gasteiger partial charge in [-0.25, -0.2) is 0 Å². The molecular weight excluding hydrogens is 384 g/mol. The summed E-state index contributed by atoms with van der Waals surface area (Å²) in [4.78, 5) is 17.4. The summed E-state index contributed by atoms with van der Waals surface area (Å²) in [6.07, 6.45) is 8.10. The number of anilines is 1. The number of carbonyl (C=O) groups is 1. The number of hydrogen-bond donors (Lipinski definition) is 0. The Labute approximate surface area is 175 Å². The molecule has 1 fully saturated rings. The van der Waals surface area contributed by atoms with E-state index in [0.29, 0.717) is 15.8 Å². The zero-order valence-electron chi connectivity index (χ0n) is 15.5. The van der Waals surface area contributed by atoms with Crippen LogP contribution >= 0.6 is 24.0 Å². The number of allylic oxidation sites excluding steroid dienone is 3. The van der Waals surface area contributed by atoms with Crippen molar-refractivity contribution in [3.8, 4) is 0 Å². The van der Waals surface area contributed by atoms with Crippen LogP contribution in [0.25, 0.3) is 6.08 Å². The summed E-state index contributed by atoms with van der Waals surface area (Å²) >= 11 is 6.81. The number of para-hydroxylation sites is 1.